The minimum atomic E-state index is -1.13. The molecule has 0 spiro atoms. The van der Waals surface area contributed by atoms with E-state index in [0.29, 0.717) is 0 Å². The zero-order valence-electron chi connectivity index (χ0n) is 11.1. The molecule has 22 heavy (non-hydrogen) atoms. The first-order valence-electron chi connectivity index (χ1n) is 6.16. The first-order valence-corrected chi connectivity index (χ1v) is 6.16. The van der Waals surface area contributed by atoms with Crippen LogP contribution in [0.4, 0.5) is 0 Å². The molecule has 2 aromatic carbocycles. The molecule has 0 amide bonds. The zero-order chi connectivity index (χ0) is 16.3. The number of carbonyl (C=O) groups is 4. The van der Waals surface area contributed by atoms with E-state index < -0.39 is 23.5 Å². The third-order valence-corrected chi connectivity index (χ3v) is 2.99. The predicted molar refractivity (Wildman–Crippen MR) is 75.5 cm³/mol. The van der Waals surface area contributed by atoms with Gasteiger partial charge in [0.15, 0.2) is 0 Å². The highest BCUT2D eigenvalue weighted by molar-refractivity contribution is 6.49. The molecule has 0 aliphatic rings. The van der Waals surface area contributed by atoms with Gasteiger partial charge in [-0.2, -0.15) is 0 Å². The number of carbonyl (C=O) groups excluding carboxylic acids is 2. The first-order chi connectivity index (χ1) is 10.4. The number of ketones is 2. The summed E-state index contributed by atoms with van der Waals surface area (Å²) in [5.41, 5.74) is 0.152. The van der Waals surface area contributed by atoms with Gasteiger partial charge < -0.3 is 10.2 Å². The minimum Gasteiger partial charge on any atom is -0.478 e. The molecule has 0 bridgehead atoms. The van der Waals surface area contributed by atoms with Crippen LogP contribution >= 0.6 is 0 Å². The van der Waals surface area contributed by atoms with Crippen molar-refractivity contribution >= 4 is 23.5 Å². The summed E-state index contributed by atoms with van der Waals surface area (Å²) in [7, 11) is 0. The van der Waals surface area contributed by atoms with Crippen LogP contribution in [-0.4, -0.2) is 33.7 Å². The molecule has 0 aliphatic carbocycles. The Morgan fingerprint density at radius 3 is 0.955 bits per heavy atom. The fraction of sp³-hybridized carbons (Fsp3) is 0. The molecule has 0 radical (unpaired) electrons. The number of aromatic carboxylic acids is 2. The van der Waals surface area contributed by atoms with Crippen molar-refractivity contribution in [1.29, 1.82) is 0 Å². The fourth-order valence-electron chi connectivity index (χ4n) is 1.79. The monoisotopic (exact) mass is 298 g/mol. The molecule has 0 atom stereocenters. The molecule has 0 unspecified atom stereocenters. The number of rotatable bonds is 5. The number of hydrogen-bond donors (Lipinski definition) is 2. The normalized spacial score (nSPS) is 10.0. The molecule has 0 aliphatic heterocycles. The first kappa shape index (κ1) is 15.1. The van der Waals surface area contributed by atoms with Gasteiger partial charge in [-0.25, -0.2) is 9.59 Å². The third-order valence-electron chi connectivity index (χ3n) is 2.99. The summed E-state index contributed by atoms with van der Waals surface area (Å²) in [6, 6.07) is 9.97. The molecular weight excluding hydrogens is 288 g/mol. The standard InChI is InChI=1S/C16H10O6/c17-13(9-1-5-11(6-2-9)15(19)20)14(18)10-3-7-12(8-4-10)16(21)22/h1-8H,(H,19,20)(H,21,22). The second-order valence-electron chi connectivity index (χ2n) is 4.42. The molecule has 110 valence electrons. The summed E-state index contributed by atoms with van der Waals surface area (Å²) in [6.07, 6.45) is 0. The molecule has 6 nitrogen and oxygen atoms in total. The Morgan fingerprint density at radius 2 is 0.727 bits per heavy atom. The summed E-state index contributed by atoms with van der Waals surface area (Å²) in [4.78, 5) is 45.5. The molecule has 0 aromatic heterocycles. The van der Waals surface area contributed by atoms with E-state index in [-0.39, 0.29) is 22.3 Å². The molecular formula is C16H10O6. The van der Waals surface area contributed by atoms with E-state index in [9.17, 15) is 19.2 Å². The average molecular weight is 298 g/mol. The quantitative estimate of drug-likeness (QED) is 0.646. The molecule has 0 fully saturated rings. The van der Waals surface area contributed by atoms with Gasteiger partial charge in [-0.1, -0.05) is 24.3 Å². The van der Waals surface area contributed by atoms with Crippen molar-refractivity contribution < 1.29 is 29.4 Å². The number of Topliss-reactive ketones (excluding diaryl/α,β-unsaturated/α-hetero) is 2. The lowest BCUT2D eigenvalue weighted by atomic mass is 10.00. The fourth-order valence-corrected chi connectivity index (χ4v) is 1.79. The Labute approximate surface area is 124 Å². The Hall–Kier alpha value is -3.28. The van der Waals surface area contributed by atoms with Crippen LogP contribution in [0.15, 0.2) is 48.5 Å². The number of carboxylic acids is 2. The van der Waals surface area contributed by atoms with Crippen LogP contribution in [0, 0.1) is 0 Å². The highest BCUT2D eigenvalue weighted by Crippen LogP contribution is 2.11. The maximum Gasteiger partial charge on any atom is 0.335 e. The van der Waals surface area contributed by atoms with Gasteiger partial charge in [0, 0.05) is 11.1 Å². The topological polar surface area (TPSA) is 109 Å². The van der Waals surface area contributed by atoms with Gasteiger partial charge in [-0.15, -0.1) is 0 Å². The minimum absolute atomic E-state index is 0.00908. The second-order valence-corrected chi connectivity index (χ2v) is 4.42. The van der Waals surface area contributed by atoms with Crippen molar-refractivity contribution in [2.75, 3.05) is 0 Å². The molecule has 6 heteroatoms. The Bertz CT molecular complexity index is 689. The van der Waals surface area contributed by atoms with Gasteiger partial charge in [0.05, 0.1) is 11.1 Å². The largest absolute Gasteiger partial charge is 0.478 e. The maximum absolute atomic E-state index is 12.0. The van der Waals surface area contributed by atoms with Crippen molar-refractivity contribution in [3.05, 3.63) is 70.8 Å². The smallest absolute Gasteiger partial charge is 0.335 e. The van der Waals surface area contributed by atoms with Crippen molar-refractivity contribution in [3.8, 4) is 0 Å². The summed E-state index contributed by atoms with van der Waals surface area (Å²) in [5.74, 6) is -3.84. The zero-order valence-corrected chi connectivity index (χ0v) is 11.1. The van der Waals surface area contributed by atoms with Gasteiger partial charge in [0.1, 0.15) is 0 Å². The lowest BCUT2D eigenvalue weighted by Crippen LogP contribution is -2.15. The Balaban J connectivity index is 2.23. The van der Waals surface area contributed by atoms with Crippen LogP contribution in [0.1, 0.15) is 41.4 Å². The van der Waals surface area contributed by atoms with E-state index in [1.807, 2.05) is 0 Å². The Morgan fingerprint density at radius 1 is 0.500 bits per heavy atom. The van der Waals surface area contributed by atoms with Gasteiger partial charge in [-0.3, -0.25) is 9.59 Å². The Kier molecular flexibility index (Phi) is 4.13. The molecule has 0 saturated carbocycles. The van der Waals surface area contributed by atoms with Crippen LogP contribution in [0.25, 0.3) is 0 Å². The van der Waals surface area contributed by atoms with E-state index in [2.05, 4.69) is 0 Å². The van der Waals surface area contributed by atoms with Crippen LogP contribution < -0.4 is 0 Å². The molecule has 2 aromatic rings. The van der Waals surface area contributed by atoms with Gasteiger partial charge in [0.25, 0.3) is 0 Å². The van der Waals surface area contributed by atoms with Crippen LogP contribution in [0.2, 0.25) is 0 Å². The molecule has 2 rings (SSSR count). The van der Waals surface area contributed by atoms with Gasteiger partial charge >= 0.3 is 11.9 Å². The van der Waals surface area contributed by atoms with Crippen molar-refractivity contribution in [3.63, 3.8) is 0 Å². The van der Waals surface area contributed by atoms with E-state index in [0.717, 1.165) is 0 Å². The van der Waals surface area contributed by atoms with Crippen LogP contribution in [0.3, 0.4) is 0 Å². The van der Waals surface area contributed by atoms with Gasteiger partial charge in [-0.05, 0) is 24.3 Å². The summed E-state index contributed by atoms with van der Waals surface area (Å²) in [5, 5.41) is 17.5. The molecule has 0 saturated heterocycles. The van der Waals surface area contributed by atoms with Gasteiger partial charge in [0.2, 0.25) is 11.6 Å². The van der Waals surface area contributed by atoms with Crippen LogP contribution in [-0.2, 0) is 0 Å². The molecule has 2 N–H and O–H groups in total. The van der Waals surface area contributed by atoms with Crippen LogP contribution in [0.5, 0.6) is 0 Å². The lowest BCUT2D eigenvalue weighted by Gasteiger charge is -2.02. The third kappa shape index (κ3) is 3.06. The van der Waals surface area contributed by atoms with Crippen molar-refractivity contribution in [2.45, 2.75) is 0 Å². The summed E-state index contributed by atoms with van der Waals surface area (Å²) in [6.45, 7) is 0. The van der Waals surface area contributed by atoms with Crippen molar-refractivity contribution in [1.82, 2.24) is 0 Å². The summed E-state index contributed by atoms with van der Waals surface area (Å²) < 4.78 is 0. The number of benzene rings is 2. The predicted octanol–water partition coefficient (Wildman–Crippen LogP) is 2.15. The molecule has 0 heterocycles. The lowest BCUT2D eigenvalue weighted by molar-refractivity contribution is 0.0686. The van der Waals surface area contributed by atoms with E-state index in [4.69, 9.17) is 10.2 Å². The average Bonchev–Trinajstić information content (AvgIpc) is 2.53. The van der Waals surface area contributed by atoms with E-state index in [1.54, 1.807) is 0 Å². The highest BCUT2D eigenvalue weighted by Gasteiger charge is 2.19. The summed E-state index contributed by atoms with van der Waals surface area (Å²) >= 11 is 0. The van der Waals surface area contributed by atoms with E-state index >= 15 is 0 Å². The maximum atomic E-state index is 12.0. The second kappa shape index (κ2) is 6.01. The highest BCUT2D eigenvalue weighted by atomic mass is 16.4. The number of hydrogen-bond acceptors (Lipinski definition) is 4. The SMILES string of the molecule is O=C(O)c1ccc(C(=O)C(=O)c2ccc(C(=O)O)cc2)cc1. The number of carboxylic acid groups (broad SMARTS) is 2. The van der Waals surface area contributed by atoms with Crippen molar-refractivity contribution in [2.24, 2.45) is 0 Å². The van der Waals surface area contributed by atoms with E-state index in [1.165, 1.54) is 48.5 Å².